The monoisotopic (exact) mass is 349 g/mol. The van der Waals surface area contributed by atoms with Crippen LogP contribution in [0, 0.1) is 12.8 Å². The second kappa shape index (κ2) is 7.04. The molecule has 0 spiro atoms. The molecule has 1 fully saturated rings. The molecule has 1 aromatic carbocycles. The zero-order valence-corrected chi connectivity index (χ0v) is 14.8. The molecular weight excluding hydrogens is 326 g/mol. The number of aromatic nitrogens is 2. The highest BCUT2D eigenvalue weighted by molar-refractivity contribution is 7.89. The Morgan fingerprint density at radius 3 is 2.50 bits per heavy atom. The maximum atomic E-state index is 12.8. The van der Waals surface area contributed by atoms with E-state index < -0.39 is 10.0 Å². The van der Waals surface area contributed by atoms with Crippen molar-refractivity contribution in [2.75, 3.05) is 13.2 Å². The van der Waals surface area contributed by atoms with Crippen molar-refractivity contribution in [3.05, 3.63) is 48.0 Å². The van der Waals surface area contributed by atoms with Gasteiger partial charge in [0.1, 0.15) is 5.82 Å². The van der Waals surface area contributed by atoms with Gasteiger partial charge in [0, 0.05) is 32.7 Å². The van der Waals surface area contributed by atoms with Gasteiger partial charge in [-0.1, -0.05) is 17.7 Å². The summed E-state index contributed by atoms with van der Waals surface area (Å²) in [6.07, 6.45) is 5.16. The van der Waals surface area contributed by atoms with Crippen molar-refractivity contribution in [1.82, 2.24) is 14.3 Å². The van der Waals surface area contributed by atoms with Gasteiger partial charge in [-0.05, 0) is 37.8 Å². The fourth-order valence-electron chi connectivity index (χ4n) is 3.04. The number of sulfonamides is 1. The third kappa shape index (κ3) is 3.68. The van der Waals surface area contributed by atoms with Gasteiger partial charge in [-0.25, -0.2) is 18.1 Å². The summed E-state index contributed by atoms with van der Waals surface area (Å²) in [6.45, 7) is 3.23. The van der Waals surface area contributed by atoms with Gasteiger partial charge >= 0.3 is 0 Å². The van der Waals surface area contributed by atoms with Gasteiger partial charge in [0.2, 0.25) is 10.0 Å². The van der Waals surface area contributed by atoms with Crippen LogP contribution in [0.4, 0.5) is 0 Å². The zero-order chi connectivity index (χ0) is 17.2. The largest absolute Gasteiger partial charge is 0.381 e. The smallest absolute Gasteiger partial charge is 0.241 e. The Labute approximate surface area is 142 Å². The van der Waals surface area contributed by atoms with Crippen LogP contribution in [-0.4, -0.2) is 31.2 Å². The minimum Gasteiger partial charge on any atom is -0.381 e. The molecule has 0 aliphatic carbocycles. The van der Waals surface area contributed by atoms with Crippen molar-refractivity contribution in [2.45, 2.75) is 30.7 Å². The van der Waals surface area contributed by atoms with Crippen LogP contribution in [0.5, 0.6) is 0 Å². The number of imidazole rings is 1. The molecule has 7 heteroatoms. The Morgan fingerprint density at radius 1 is 1.25 bits per heavy atom. The molecule has 0 amide bonds. The number of ether oxygens (including phenoxy) is 1. The number of nitrogens with one attached hydrogen (secondary N) is 1. The molecule has 0 saturated carbocycles. The van der Waals surface area contributed by atoms with E-state index in [0.29, 0.717) is 13.2 Å². The van der Waals surface area contributed by atoms with Gasteiger partial charge in [0.15, 0.2) is 0 Å². The molecule has 0 radical (unpaired) electrons. The molecule has 24 heavy (non-hydrogen) atoms. The first kappa shape index (κ1) is 17.1. The number of nitrogens with zero attached hydrogens (tertiary/aromatic N) is 2. The first-order valence-electron chi connectivity index (χ1n) is 8.11. The second-order valence-corrected chi connectivity index (χ2v) is 7.97. The maximum absolute atomic E-state index is 12.8. The molecular formula is C17H23N3O3S. The highest BCUT2D eigenvalue weighted by Crippen LogP contribution is 2.30. The van der Waals surface area contributed by atoms with Gasteiger partial charge in [-0.2, -0.15) is 0 Å². The molecule has 2 aromatic rings. The zero-order valence-electron chi connectivity index (χ0n) is 14.0. The van der Waals surface area contributed by atoms with Gasteiger partial charge in [-0.3, -0.25) is 0 Å². The summed E-state index contributed by atoms with van der Waals surface area (Å²) in [7, 11) is -1.73. The van der Waals surface area contributed by atoms with Gasteiger partial charge in [0.05, 0.1) is 10.9 Å². The molecule has 1 aromatic heterocycles. The number of rotatable bonds is 5. The predicted molar refractivity (Wildman–Crippen MR) is 91.0 cm³/mol. The quantitative estimate of drug-likeness (QED) is 0.898. The van der Waals surface area contributed by atoms with E-state index in [1.54, 1.807) is 30.5 Å². The standard InChI is InChI=1S/C17H23N3O3S/c1-13-3-5-15(6-4-13)24(21,22)19-16(14-7-11-23-12-8-14)17-18-9-10-20(17)2/h3-6,9-10,14,16,19H,7-8,11-12H2,1-2H3/t16-/m1/s1. The van der Waals surface area contributed by atoms with Crippen LogP contribution in [0.15, 0.2) is 41.6 Å². The lowest BCUT2D eigenvalue weighted by Gasteiger charge is -2.30. The Bertz CT molecular complexity index is 778. The molecule has 1 atom stereocenters. The van der Waals surface area contributed by atoms with E-state index in [-0.39, 0.29) is 16.9 Å². The summed E-state index contributed by atoms with van der Waals surface area (Å²) in [4.78, 5) is 4.66. The van der Waals surface area contributed by atoms with Crippen molar-refractivity contribution in [3.63, 3.8) is 0 Å². The van der Waals surface area contributed by atoms with E-state index in [1.807, 2.05) is 24.7 Å². The van der Waals surface area contributed by atoms with Crippen LogP contribution in [0.2, 0.25) is 0 Å². The summed E-state index contributed by atoms with van der Waals surface area (Å²) in [5.74, 6) is 0.901. The van der Waals surface area contributed by atoms with Crippen LogP contribution in [0.25, 0.3) is 0 Å². The fourth-order valence-corrected chi connectivity index (χ4v) is 4.30. The van der Waals surface area contributed by atoms with Gasteiger partial charge in [-0.15, -0.1) is 0 Å². The molecule has 1 saturated heterocycles. The number of benzene rings is 1. The summed E-state index contributed by atoms with van der Waals surface area (Å²) < 4.78 is 35.8. The molecule has 3 rings (SSSR count). The minimum atomic E-state index is -3.61. The second-order valence-electron chi connectivity index (χ2n) is 6.26. The average molecular weight is 349 g/mol. The number of hydrogen-bond donors (Lipinski definition) is 1. The molecule has 0 unspecified atom stereocenters. The lowest BCUT2D eigenvalue weighted by atomic mass is 9.92. The molecule has 1 N–H and O–H groups in total. The molecule has 130 valence electrons. The predicted octanol–water partition coefficient (Wildman–Crippen LogP) is 2.17. The van der Waals surface area contributed by atoms with E-state index in [9.17, 15) is 8.42 Å². The first-order valence-corrected chi connectivity index (χ1v) is 9.59. The van der Waals surface area contributed by atoms with E-state index in [4.69, 9.17) is 4.74 Å². The number of aryl methyl sites for hydroxylation is 2. The minimum absolute atomic E-state index is 0.167. The molecule has 1 aliphatic rings. The summed E-state index contributed by atoms with van der Waals surface area (Å²) >= 11 is 0. The van der Waals surface area contributed by atoms with Crippen LogP contribution < -0.4 is 4.72 Å². The maximum Gasteiger partial charge on any atom is 0.241 e. The fraction of sp³-hybridized carbons (Fsp3) is 0.471. The Kier molecular flexibility index (Phi) is 5.03. The van der Waals surface area contributed by atoms with E-state index in [1.165, 1.54) is 0 Å². The van der Waals surface area contributed by atoms with E-state index in [0.717, 1.165) is 24.2 Å². The SMILES string of the molecule is Cc1ccc(S(=O)(=O)N[C@@H](c2nccn2C)C2CCOCC2)cc1. The van der Waals surface area contributed by atoms with Crippen molar-refractivity contribution in [3.8, 4) is 0 Å². The third-order valence-corrected chi connectivity index (χ3v) is 5.94. The topological polar surface area (TPSA) is 73.2 Å². The lowest BCUT2D eigenvalue weighted by molar-refractivity contribution is 0.0551. The summed E-state index contributed by atoms with van der Waals surface area (Å²) in [6, 6.07) is 6.52. The van der Waals surface area contributed by atoms with E-state index >= 15 is 0 Å². The molecule has 6 nitrogen and oxygen atoms in total. The summed E-state index contributed by atoms with van der Waals surface area (Å²) in [5.41, 5.74) is 1.03. The van der Waals surface area contributed by atoms with Crippen LogP contribution in [-0.2, 0) is 21.8 Å². The van der Waals surface area contributed by atoms with E-state index in [2.05, 4.69) is 9.71 Å². The lowest BCUT2D eigenvalue weighted by Crippen LogP contribution is -2.37. The Hall–Kier alpha value is -1.70. The molecule has 0 bridgehead atoms. The first-order chi connectivity index (χ1) is 11.5. The third-order valence-electron chi connectivity index (χ3n) is 4.49. The van der Waals surface area contributed by atoms with Crippen molar-refractivity contribution >= 4 is 10.0 Å². The van der Waals surface area contributed by atoms with Crippen LogP contribution in [0.3, 0.4) is 0 Å². The average Bonchev–Trinajstić information content (AvgIpc) is 3.00. The molecule has 1 aliphatic heterocycles. The van der Waals surface area contributed by atoms with Crippen molar-refractivity contribution < 1.29 is 13.2 Å². The van der Waals surface area contributed by atoms with Crippen molar-refractivity contribution in [2.24, 2.45) is 13.0 Å². The highest BCUT2D eigenvalue weighted by atomic mass is 32.2. The Morgan fingerprint density at radius 2 is 1.92 bits per heavy atom. The summed E-state index contributed by atoms with van der Waals surface area (Å²) in [5, 5.41) is 0. The van der Waals surface area contributed by atoms with Gasteiger partial charge in [0.25, 0.3) is 0 Å². The van der Waals surface area contributed by atoms with Crippen LogP contribution in [0.1, 0.15) is 30.3 Å². The van der Waals surface area contributed by atoms with Crippen molar-refractivity contribution in [1.29, 1.82) is 0 Å². The number of hydrogen-bond acceptors (Lipinski definition) is 4. The van der Waals surface area contributed by atoms with Crippen LogP contribution >= 0.6 is 0 Å². The van der Waals surface area contributed by atoms with Gasteiger partial charge < -0.3 is 9.30 Å². The highest BCUT2D eigenvalue weighted by Gasteiger charge is 2.32. The Balaban J connectivity index is 1.91. The normalized spacial score (nSPS) is 17.8. The molecule has 2 heterocycles.